The SMILES string of the molecule is Clc1nc(Nc2ccc(Cl)c(Br)c2)nc(-n2cccn2)n1. The Kier molecular flexibility index (Phi) is 4.05. The maximum absolute atomic E-state index is 5.95. The molecule has 106 valence electrons. The van der Waals surface area contributed by atoms with Crippen molar-refractivity contribution in [2.24, 2.45) is 0 Å². The van der Waals surface area contributed by atoms with E-state index in [1.807, 2.05) is 6.07 Å². The van der Waals surface area contributed by atoms with Gasteiger partial charge in [-0.2, -0.15) is 20.1 Å². The standard InChI is InChI=1S/C12H7BrCl2N6/c13-8-6-7(2-3-9(8)14)17-11-18-10(15)19-12(20-11)21-5-1-4-16-21/h1-6H,(H,17,18,19,20). The van der Waals surface area contributed by atoms with Gasteiger partial charge in [0.15, 0.2) is 0 Å². The number of nitrogens with one attached hydrogen (secondary N) is 1. The Morgan fingerprint density at radius 2 is 2.00 bits per heavy atom. The summed E-state index contributed by atoms with van der Waals surface area (Å²) >= 11 is 15.2. The van der Waals surface area contributed by atoms with Gasteiger partial charge in [-0.1, -0.05) is 11.6 Å². The smallest absolute Gasteiger partial charge is 0.256 e. The third-order valence-corrected chi connectivity index (χ3v) is 3.86. The summed E-state index contributed by atoms with van der Waals surface area (Å²) in [4.78, 5) is 12.3. The van der Waals surface area contributed by atoms with Gasteiger partial charge in [-0.25, -0.2) is 4.68 Å². The molecule has 1 N–H and O–H groups in total. The molecule has 3 aromatic rings. The maximum Gasteiger partial charge on any atom is 0.256 e. The van der Waals surface area contributed by atoms with E-state index in [1.165, 1.54) is 4.68 Å². The van der Waals surface area contributed by atoms with Crippen LogP contribution in [0.1, 0.15) is 0 Å². The summed E-state index contributed by atoms with van der Waals surface area (Å²) in [6, 6.07) is 7.14. The second-order valence-electron chi connectivity index (χ2n) is 3.93. The number of nitrogens with zero attached hydrogens (tertiary/aromatic N) is 5. The van der Waals surface area contributed by atoms with Gasteiger partial charge in [0, 0.05) is 22.6 Å². The Morgan fingerprint density at radius 1 is 1.14 bits per heavy atom. The van der Waals surface area contributed by atoms with E-state index in [2.05, 4.69) is 41.3 Å². The highest BCUT2D eigenvalue weighted by Gasteiger charge is 2.08. The fourth-order valence-corrected chi connectivity index (χ4v) is 2.24. The highest BCUT2D eigenvalue weighted by atomic mass is 79.9. The van der Waals surface area contributed by atoms with Crippen LogP contribution in [0.3, 0.4) is 0 Å². The molecule has 0 unspecified atom stereocenters. The zero-order valence-corrected chi connectivity index (χ0v) is 13.4. The zero-order chi connectivity index (χ0) is 14.8. The van der Waals surface area contributed by atoms with Gasteiger partial charge in [-0.15, -0.1) is 0 Å². The lowest BCUT2D eigenvalue weighted by Gasteiger charge is -2.07. The number of anilines is 2. The van der Waals surface area contributed by atoms with Crippen molar-refractivity contribution in [3.8, 4) is 5.95 Å². The first kappa shape index (κ1) is 14.2. The third-order valence-electron chi connectivity index (χ3n) is 2.48. The second-order valence-corrected chi connectivity index (χ2v) is 5.53. The van der Waals surface area contributed by atoms with Crippen LogP contribution in [0.4, 0.5) is 11.6 Å². The molecule has 2 aromatic heterocycles. The maximum atomic E-state index is 5.95. The zero-order valence-electron chi connectivity index (χ0n) is 10.3. The van der Waals surface area contributed by atoms with Gasteiger partial charge >= 0.3 is 0 Å². The van der Waals surface area contributed by atoms with E-state index in [-0.39, 0.29) is 5.28 Å². The van der Waals surface area contributed by atoms with E-state index in [0.29, 0.717) is 16.9 Å². The predicted octanol–water partition coefficient (Wildman–Crippen LogP) is 3.87. The Hall–Kier alpha value is -1.70. The number of benzene rings is 1. The van der Waals surface area contributed by atoms with Crippen LogP contribution in [-0.2, 0) is 0 Å². The van der Waals surface area contributed by atoms with Crippen LogP contribution in [0, 0.1) is 0 Å². The van der Waals surface area contributed by atoms with Crippen molar-refractivity contribution in [2.75, 3.05) is 5.32 Å². The molecule has 0 aliphatic heterocycles. The fraction of sp³-hybridized carbons (Fsp3) is 0. The van der Waals surface area contributed by atoms with Crippen LogP contribution in [0.2, 0.25) is 10.3 Å². The van der Waals surface area contributed by atoms with Crippen molar-refractivity contribution >= 4 is 50.8 Å². The van der Waals surface area contributed by atoms with Crippen molar-refractivity contribution < 1.29 is 0 Å². The average molecular weight is 386 g/mol. The first-order valence-corrected chi connectivity index (χ1v) is 7.30. The highest BCUT2D eigenvalue weighted by Crippen LogP contribution is 2.26. The molecule has 0 bridgehead atoms. The molecule has 9 heteroatoms. The number of aromatic nitrogens is 5. The van der Waals surface area contributed by atoms with Crippen molar-refractivity contribution in [1.82, 2.24) is 24.7 Å². The predicted molar refractivity (Wildman–Crippen MR) is 84.4 cm³/mol. The molecule has 0 aliphatic carbocycles. The highest BCUT2D eigenvalue weighted by molar-refractivity contribution is 9.10. The summed E-state index contributed by atoms with van der Waals surface area (Å²) in [6.07, 6.45) is 3.34. The summed E-state index contributed by atoms with van der Waals surface area (Å²) in [7, 11) is 0. The summed E-state index contributed by atoms with van der Waals surface area (Å²) in [5.74, 6) is 0.644. The number of rotatable bonds is 3. The molecule has 6 nitrogen and oxygen atoms in total. The molecule has 0 amide bonds. The van der Waals surface area contributed by atoms with Gasteiger partial charge in [0.1, 0.15) is 0 Å². The molecule has 2 heterocycles. The van der Waals surface area contributed by atoms with Crippen LogP contribution < -0.4 is 5.32 Å². The van der Waals surface area contributed by atoms with Gasteiger partial charge in [0.25, 0.3) is 5.95 Å². The van der Waals surface area contributed by atoms with Gasteiger partial charge in [-0.3, -0.25) is 0 Å². The lowest BCUT2D eigenvalue weighted by Crippen LogP contribution is -2.06. The molecule has 0 atom stereocenters. The number of hydrogen-bond donors (Lipinski definition) is 1. The van der Waals surface area contributed by atoms with Gasteiger partial charge in [-0.05, 0) is 51.8 Å². The van der Waals surface area contributed by atoms with Crippen LogP contribution in [0.15, 0.2) is 41.1 Å². The molecule has 1 aromatic carbocycles. The average Bonchev–Trinajstić information content (AvgIpc) is 2.96. The van der Waals surface area contributed by atoms with Crippen LogP contribution >= 0.6 is 39.1 Å². The molecule has 3 rings (SSSR count). The van der Waals surface area contributed by atoms with Crippen molar-refractivity contribution in [1.29, 1.82) is 0 Å². The van der Waals surface area contributed by atoms with Crippen LogP contribution in [0.25, 0.3) is 5.95 Å². The summed E-state index contributed by atoms with van der Waals surface area (Å²) in [5.41, 5.74) is 0.764. The first-order chi connectivity index (χ1) is 10.1. The van der Waals surface area contributed by atoms with E-state index in [9.17, 15) is 0 Å². The summed E-state index contributed by atoms with van der Waals surface area (Å²) in [5, 5.41) is 7.78. The molecule has 0 aliphatic rings. The third kappa shape index (κ3) is 3.31. The van der Waals surface area contributed by atoms with Gasteiger partial charge in [0.05, 0.1) is 5.02 Å². The Morgan fingerprint density at radius 3 is 2.71 bits per heavy atom. The lowest BCUT2D eigenvalue weighted by molar-refractivity contribution is 0.798. The molecular weight excluding hydrogens is 379 g/mol. The monoisotopic (exact) mass is 384 g/mol. The van der Waals surface area contributed by atoms with Crippen LogP contribution in [0.5, 0.6) is 0 Å². The first-order valence-electron chi connectivity index (χ1n) is 5.75. The number of hydrogen-bond acceptors (Lipinski definition) is 5. The Balaban J connectivity index is 1.93. The topological polar surface area (TPSA) is 68.5 Å². The summed E-state index contributed by atoms with van der Waals surface area (Å²) < 4.78 is 2.26. The minimum atomic E-state index is 0.0750. The normalized spacial score (nSPS) is 10.6. The van der Waals surface area contributed by atoms with Crippen molar-refractivity contribution in [3.63, 3.8) is 0 Å². The Bertz CT molecular complexity index is 777. The Labute approximate surface area is 138 Å². The molecule has 0 saturated carbocycles. The van der Waals surface area contributed by atoms with E-state index < -0.39 is 0 Å². The van der Waals surface area contributed by atoms with Gasteiger partial charge < -0.3 is 5.32 Å². The van der Waals surface area contributed by atoms with E-state index in [4.69, 9.17) is 23.2 Å². The van der Waals surface area contributed by atoms with E-state index in [0.717, 1.165) is 10.2 Å². The van der Waals surface area contributed by atoms with E-state index >= 15 is 0 Å². The summed E-state index contributed by atoms with van der Waals surface area (Å²) in [6.45, 7) is 0. The van der Waals surface area contributed by atoms with Crippen LogP contribution in [-0.4, -0.2) is 24.7 Å². The van der Waals surface area contributed by atoms with E-state index in [1.54, 1.807) is 30.6 Å². The second kappa shape index (κ2) is 5.97. The van der Waals surface area contributed by atoms with Gasteiger partial charge in [0.2, 0.25) is 11.2 Å². The largest absolute Gasteiger partial charge is 0.324 e. The molecule has 21 heavy (non-hydrogen) atoms. The molecule has 0 fully saturated rings. The molecular formula is C12H7BrCl2N6. The van der Waals surface area contributed by atoms with Crippen molar-refractivity contribution in [2.45, 2.75) is 0 Å². The lowest BCUT2D eigenvalue weighted by atomic mass is 10.3. The molecule has 0 radical (unpaired) electrons. The molecule has 0 saturated heterocycles. The quantitative estimate of drug-likeness (QED) is 0.741. The minimum Gasteiger partial charge on any atom is -0.324 e. The van der Waals surface area contributed by atoms with Crippen molar-refractivity contribution in [3.05, 3.63) is 51.4 Å². The molecule has 0 spiro atoms. The number of halogens is 3. The minimum absolute atomic E-state index is 0.0750. The fourth-order valence-electron chi connectivity index (χ4n) is 1.59.